The molecule has 1 aromatic carbocycles. The molecule has 7 fully saturated rings. The van der Waals surface area contributed by atoms with Gasteiger partial charge in [0.1, 0.15) is 0 Å². The number of hydrogen-bond acceptors (Lipinski definition) is 5. The molecule has 0 saturated heterocycles. The first kappa shape index (κ1) is 32.5. The van der Waals surface area contributed by atoms with Crippen LogP contribution in [-0.2, 0) is 4.74 Å². The molecule has 10 aliphatic carbocycles. The second-order valence-electron chi connectivity index (χ2n) is 19.0. The highest BCUT2D eigenvalue weighted by atomic mass is 16.6. The molecular formula is C43H57NO5. The zero-order valence-corrected chi connectivity index (χ0v) is 30.0. The molecule has 0 heterocycles. The molecule has 6 nitrogen and oxygen atoms in total. The topological polar surface area (TPSA) is 87.1 Å². The van der Waals surface area contributed by atoms with E-state index in [9.17, 15) is 19.8 Å². The van der Waals surface area contributed by atoms with E-state index in [4.69, 9.17) is 4.74 Å². The van der Waals surface area contributed by atoms with Gasteiger partial charge in [-0.25, -0.2) is 4.79 Å². The van der Waals surface area contributed by atoms with Gasteiger partial charge in [0.25, 0.3) is 0 Å². The van der Waals surface area contributed by atoms with Crippen LogP contribution in [0.4, 0.5) is 4.79 Å². The van der Waals surface area contributed by atoms with Gasteiger partial charge in [-0.1, -0.05) is 62.4 Å². The van der Waals surface area contributed by atoms with Crippen molar-refractivity contribution in [3.8, 4) is 0 Å². The van der Waals surface area contributed by atoms with E-state index in [2.05, 4.69) is 32.1 Å². The fraction of sp³-hybridized carbons (Fsp3) is 0.721. The average Bonchev–Trinajstić information content (AvgIpc) is 3.33. The molecule has 11 rings (SSSR count). The Bertz CT molecular complexity index is 1560. The Morgan fingerprint density at radius 1 is 0.837 bits per heavy atom. The molecular weight excluding hydrogens is 610 g/mol. The smallest absolute Gasteiger partial charge is 0.409 e. The number of nitrogens with zero attached hydrogens (tertiary/aromatic N) is 1. The van der Waals surface area contributed by atoms with Gasteiger partial charge in [-0.3, -0.25) is 4.79 Å². The zero-order valence-electron chi connectivity index (χ0n) is 30.0. The summed E-state index contributed by atoms with van der Waals surface area (Å²) in [6, 6.07) is 9.71. The van der Waals surface area contributed by atoms with Crippen molar-refractivity contribution in [2.45, 2.75) is 116 Å². The number of allylic oxidation sites excluding steroid dienone is 4. The molecule has 0 radical (unpaired) electrons. The largest absolute Gasteiger partial charge is 0.450 e. The molecule has 6 bridgehead atoms. The molecule has 1 unspecified atom stereocenters. The van der Waals surface area contributed by atoms with Crippen molar-refractivity contribution in [1.29, 1.82) is 0 Å². The average molecular weight is 668 g/mol. The van der Waals surface area contributed by atoms with Crippen LogP contribution in [0.15, 0.2) is 54.1 Å². The van der Waals surface area contributed by atoms with Crippen LogP contribution in [0.3, 0.4) is 0 Å². The number of benzene rings is 1. The molecule has 10 aliphatic rings. The predicted octanol–water partition coefficient (Wildman–Crippen LogP) is 8.14. The molecule has 7 saturated carbocycles. The fourth-order valence-corrected chi connectivity index (χ4v) is 14.9. The van der Waals surface area contributed by atoms with E-state index in [1.54, 1.807) is 0 Å². The SMILES string of the molecule is CCOC(=O)N(CC12CC3CC(CC(C3)C1)C2)C[C@]1(O)CC[C@H]2[C@]34C=C[C@@]5(C=C3C(=O)c3ccccc3)CC(O)CC[C@]5(C)[C@H]4CC[C@@]21C. The summed E-state index contributed by atoms with van der Waals surface area (Å²) in [7, 11) is 0. The lowest BCUT2D eigenvalue weighted by Gasteiger charge is -2.71. The van der Waals surface area contributed by atoms with E-state index in [0.29, 0.717) is 38.1 Å². The Hall–Kier alpha value is -2.44. The van der Waals surface area contributed by atoms with Crippen LogP contribution in [0.25, 0.3) is 0 Å². The number of ether oxygens (including phenoxy) is 1. The van der Waals surface area contributed by atoms with Gasteiger partial charge in [0, 0.05) is 33.9 Å². The minimum Gasteiger partial charge on any atom is -0.450 e. The molecule has 2 spiro atoms. The maximum absolute atomic E-state index is 14.7. The summed E-state index contributed by atoms with van der Waals surface area (Å²) in [6.07, 6.45) is 19.7. The molecule has 6 heteroatoms. The third kappa shape index (κ3) is 4.38. The van der Waals surface area contributed by atoms with Crippen LogP contribution in [-0.4, -0.2) is 58.4 Å². The number of amides is 1. The van der Waals surface area contributed by atoms with Crippen molar-refractivity contribution in [3.05, 3.63) is 59.7 Å². The van der Waals surface area contributed by atoms with Gasteiger partial charge in [-0.2, -0.15) is 0 Å². The molecule has 8 atom stereocenters. The summed E-state index contributed by atoms with van der Waals surface area (Å²) in [5.41, 5.74) is -0.760. The Morgan fingerprint density at radius 2 is 1.47 bits per heavy atom. The van der Waals surface area contributed by atoms with E-state index in [0.717, 1.165) is 55.4 Å². The summed E-state index contributed by atoms with van der Waals surface area (Å²) in [5.74, 6) is 2.75. The third-order valence-electron chi connectivity index (χ3n) is 16.7. The number of Topliss-reactive ketones (excluding diaryl/α,β-unsaturated/α-hetero) is 1. The lowest BCUT2D eigenvalue weighted by atomic mass is 9.32. The number of hydrogen-bond donors (Lipinski definition) is 2. The normalized spacial score (nSPS) is 48.4. The van der Waals surface area contributed by atoms with Gasteiger partial charge in [0.2, 0.25) is 0 Å². The Morgan fingerprint density at radius 3 is 2.14 bits per heavy atom. The van der Waals surface area contributed by atoms with E-state index in [1.165, 1.54) is 38.5 Å². The summed E-state index contributed by atoms with van der Waals surface area (Å²) >= 11 is 0. The van der Waals surface area contributed by atoms with E-state index in [-0.39, 0.29) is 46.1 Å². The number of ketones is 1. The first-order valence-corrected chi connectivity index (χ1v) is 19.7. The number of carbonyl (C=O) groups is 2. The summed E-state index contributed by atoms with van der Waals surface area (Å²) < 4.78 is 5.74. The molecule has 1 amide bonds. The van der Waals surface area contributed by atoms with Crippen LogP contribution >= 0.6 is 0 Å². The second kappa shape index (κ2) is 10.8. The van der Waals surface area contributed by atoms with E-state index < -0.39 is 16.4 Å². The minimum atomic E-state index is -1.09. The first-order valence-electron chi connectivity index (χ1n) is 19.7. The van der Waals surface area contributed by atoms with E-state index in [1.807, 2.05) is 42.2 Å². The van der Waals surface area contributed by atoms with Gasteiger partial charge in [0.15, 0.2) is 5.78 Å². The summed E-state index contributed by atoms with van der Waals surface area (Å²) in [5, 5.41) is 24.1. The van der Waals surface area contributed by atoms with Crippen molar-refractivity contribution in [2.24, 2.45) is 56.7 Å². The number of fused-ring (bicyclic) bond motifs is 1. The van der Waals surface area contributed by atoms with Crippen LogP contribution in [0.2, 0.25) is 0 Å². The van der Waals surface area contributed by atoms with E-state index >= 15 is 0 Å². The molecule has 1 aromatic rings. The van der Waals surface area contributed by atoms with Crippen LogP contribution in [0.1, 0.15) is 115 Å². The minimum absolute atomic E-state index is 0.0597. The highest BCUT2D eigenvalue weighted by Crippen LogP contribution is 2.78. The number of carbonyl (C=O) groups excluding carboxylic acids is 2. The van der Waals surface area contributed by atoms with Crippen LogP contribution < -0.4 is 0 Å². The Kier molecular flexibility index (Phi) is 7.15. The molecule has 264 valence electrons. The predicted molar refractivity (Wildman–Crippen MR) is 189 cm³/mol. The van der Waals surface area contributed by atoms with Gasteiger partial charge in [-0.15, -0.1) is 0 Å². The van der Waals surface area contributed by atoms with Gasteiger partial charge >= 0.3 is 6.09 Å². The summed E-state index contributed by atoms with van der Waals surface area (Å²) in [6.45, 7) is 7.90. The molecule has 49 heavy (non-hydrogen) atoms. The Balaban J connectivity index is 1.10. The van der Waals surface area contributed by atoms with Gasteiger partial charge < -0.3 is 19.8 Å². The Labute approximate surface area is 292 Å². The number of aliphatic hydroxyl groups excluding tert-OH is 1. The van der Waals surface area contributed by atoms with Crippen molar-refractivity contribution in [2.75, 3.05) is 19.7 Å². The highest BCUT2D eigenvalue weighted by Gasteiger charge is 2.74. The highest BCUT2D eigenvalue weighted by molar-refractivity contribution is 6.10. The molecule has 2 N–H and O–H groups in total. The fourth-order valence-electron chi connectivity index (χ4n) is 14.9. The lowest BCUT2D eigenvalue weighted by Crippen LogP contribution is -2.67. The van der Waals surface area contributed by atoms with Crippen molar-refractivity contribution in [1.82, 2.24) is 4.90 Å². The second-order valence-corrected chi connectivity index (χ2v) is 19.0. The van der Waals surface area contributed by atoms with Crippen molar-refractivity contribution < 1.29 is 24.5 Å². The summed E-state index contributed by atoms with van der Waals surface area (Å²) in [4.78, 5) is 30.5. The quantitative estimate of drug-likeness (QED) is 0.227. The number of rotatable bonds is 7. The molecule has 0 aromatic heterocycles. The van der Waals surface area contributed by atoms with Crippen LogP contribution in [0, 0.1) is 56.7 Å². The third-order valence-corrected chi connectivity index (χ3v) is 16.7. The lowest BCUT2D eigenvalue weighted by molar-refractivity contribution is -0.177. The van der Waals surface area contributed by atoms with Gasteiger partial charge in [0.05, 0.1) is 24.9 Å². The monoisotopic (exact) mass is 667 g/mol. The van der Waals surface area contributed by atoms with Crippen molar-refractivity contribution >= 4 is 11.9 Å². The zero-order chi connectivity index (χ0) is 34.0. The van der Waals surface area contributed by atoms with Gasteiger partial charge in [-0.05, 0) is 131 Å². The maximum Gasteiger partial charge on any atom is 0.409 e. The van der Waals surface area contributed by atoms with Crippen LogP contribution in [0.5, 0.6) is 0 Å². The first-order chi connectivity index (χ1) is 23.4. The molecule has 0 aliphatic heterocycles. The standard InChI is InChI=1S/C43H57NO5/c1-4-49-37(47)44(26-40-21-28-18-29(22-40)20-30(19-28)23-40)27-42(48)15-12-35-39(42,3)14-11-34-38(2)13-10-32(45)24-41(38)16-17-43(34,35)33(25-41)36(46)31-8-6-5-7-9-31/h5-9,16-17,25,28-30,32,34-35,45,48H,4,10-15,18-24,26-27H2,1-3H3/t28?,29?,30?,32?,34-,35-,38-,39+,40?,41+,42-,43-/m1/s1. The number of aliphatic hydroxyl groups is 2. The maximum atomic E-state index is 14.7. The van der Waals surface area contributed by atoms with Crippen molar-refractivity contribution in [3.63, 3.8) is 0 Å².